The molecule has 1 aliphatic carbocycles. The van der Waals surface area contributed by atoms with E-state index in [0.29, 0.717) is 16.1 Å². The number of carbonyl (C=O) groups is 2. The molecule has 1 heterocycles. The number of fused-ring (bicyclic) bond motifs is 1. The number of benzene rings is 3. The minimum atomic E-state index is -0.936. The Morgan fingerprint density at radius 3 is 2.27 bits per heavy atom. The minimum absolute atomic E-state index is 0.0105. The van der Waals surface area contributed by atoms with Gasteiger partial charge in [0.05, 0.1) is 17.3 Å². The van der Waals surface area contributed by atoms with Crippen LogP contribution in [-0.4, -0.2) is 21.9 Å². The quantitative estimate of drug-likeness (QED) is 0.227. The Hall–Kier alpha value is -3.57. The van der Waals surface area contributed by atoms with Crippen LogP contribution in [0.5, 0.6) is 5.75 Å². The lowest BCUT2D eigenvalue weighted by Crippen LogP contribution is -2.29. The second kappa shape index (κ2) is 9.38. The van der Waals surface area contributed by atoms with E-state index in [2.05, 4.69) is 20.8 Å². The Bertz CT molecular complexity index is 1430. The number of carbonyl (C=O) groups excluding carboxylic acids is 2. The summed E-state index contributed by atoms with van der Waals surface area (Å²) in [5.74, 6) is -2.04. The first kappa shape index (κ1) is 25.1. The highest BCUT2D eigenvalue weighted by Gasteiger charge is 2.47. The van der Waals surface area contributed by atoms with Crippen molar-refractivity contribution >= 4 is 34.7 Å². The zero-order chi connectivity index (χ0) is 26.5. The molecule has 3 aromatic rings. The first-order valence-electron chi connectivity index (χ1n) is 12.6. The molecule has 5 nitrogen and oxygen atoms in total. The molecular formula is C31H30ClNO4. The third-order valence-corrected chi connectivity index (χ3v) is 7.59. The van der Waals surface area contributed by atoms with Crippen LogP contribution in [0.3, 0.4) is 0 Å². The number of aromatic hydroxyl groups is 1. The average Bonchev–Trinajstić information content (AvgIpc) is 3.14. The number of hydrogen-bond donors (Lipinski definition) is 2. The highest BCUT2D eigenvalue weighted by molar-refractivity contribution is 6.52. The van der Waals surface area contributed by atoms with Gasteiger partial charge in [-0.1, -0.05) is 68.8 Å². The highest BCUT2D eigenvalue weighted by atomic mass is 35.5. The van der Waals surface area contributed by atoms with Crippen molar-refractivity contribution in [2.75, 3.05) is 4.90 Å². The molecule has 3 aromatic carbocycles. The van der Waals surface area contributed by atoms with Gasteiger partial charge in [0.2, 0.25) is 0 Å². The highest BCUT2D eigenvalue weighted by Crippen LogP contribution is 2.46. The summed E-state index contributed by atoms with van der Waals surface area (Å²) in [7, 11) is 0. The standard InChI is InChI=1S/C31H30ClNO4/c1-31(2,3)22-12-10-19(11-13-22)27-26(28(35)21-9-8-18-6-4-5-7-20(18)16-21)29(36)30(37)33(27)24-17-23(32)14-15-25(24)34/h8-17,27,34-35H,4-7H2,1-3H3/b28-26-. The Labute approximate surface area is 222 Å². The van der Waals surface area contributed by atoms with Crippen molar-refractivity contribution in [3.8, 4) is 5.75 Å². The van der Waals surface area contributed by atoms with Gasteiger partial charge in [-0.05, 0) is 77.6 Å². The normalized spacial score (nSPS) is 19.2. The number of halogens is 1. The number of phenolic OH excluding ortho intramolecular Hbond substituents is 1. The molecule has 0 spiro atoms. The van der Waals surface area contributed by atoms with E-state index < -0.39 is 17.7 Å². The van der Waals surface area contributed by atoms with Crippen LogP contribution < -0.4 is 4.90 Å². The summed E-state index contributed by atoms with van der Waals surface area (Å²) in [6, 6.07) is 16.8. The van der Waals surface area contributed by atoms with Crippen LogP contribution in [0.1, 0.15) is 67.5 Å². The first-order valence-corrected chi connectivity index (χ1v) is 13.0. The van der Waals surface area contributed by atoms with Gasteiger partial charge in [0.15, 0.2) is 0 Å². The summed E-state index contributed by atoms with van der Waals surface area (Å²) in [5.41, 5.74) is 4.66. The molecule has 1 unspecified atom stereocenters. The Morgan fingerprint density at radius 1 is 0.919 bits per heavy atom. The number of aryl methyl sites for hydroxylation is 2. The van der Waals surface area contributed by atoms with Gasteiger partial charge in [0.1, 0.15) is 11.5 Å². The number of phenols is 1. The molecule has 6 heteroatoms. The van der Waals surface area contributed by atoms with Crippen LogP contribution in [0.15, 0.2) is 66.2 Å². The minimum Gasteiger partial charge on any atom is -0.507 e. The fourth-order valence-electron chi connectivity index (χ4n) is 5.29. The molecule has 0 radical (unpaired) electrons. The predicted molar refractivity (Wildman–Crippen MR) is 146 cm³/mol. The summed E-state index contributed by atoms with van der Waals surface area (Å²) >= 11 is 6.21. The maximum absolute atomic E-state index is 13.5. The van der Waals surface area contributed by atoms with E-state index in [1.165, 1.54) is 28.7 Å². The van der Waals surface area contributed by atoms with Gasteiger partial charge in [-0.15, -0.1) is 0 Å². The molecule has 1 atom stereocenters. The molecule has 1 amide bonds. The largest absolute Gasteiger partial charge is 0.507 e. The number of amides is 1. The summed E-state index contributed by atoms with van der Waals surface area (Å²) in [4.78, 5) is 28.1. The van der Waals surface area contributed by atoms with Gasteiger partial charge in [-0.3, -0.25) is 14.5 Å². The zero-order valence-corrected chi connectivity index (χ0v) is 22.0. The van der Waals surface area contributed by atoms with Gasteiger partial charge >= 0.3 is 0 Å². The molecule has 1 aliphatic heterocycles. The summed E-state index contributed by atoms with van der Waals surface area (Å²) in [5, 5.41) is 22.5. The Balaban J connectivity index is 1.71. The Morgan fingerprint density at radius 2 is 1.59 bits per heavy atom. The van der Waals surface area contributed by atoms with Crippen LogP contribution >= 0.6 is 11.6 Å². The molecule has 0 bridgehead atoms. The number of rotatable bonds is 3. The lowest BCUT2D eigenvalue weighted by atomic mass is 9.85. The molecule has 1 saturated heterocycles. The van der Waals surface area contributed by atoms with E-state index in [1.54, 1.807) is 0 Å². The van der Waals surface area contributed by atoms with Crippen molar-refractivity contribution in [1.82, 2.24) is 0 Å². The molecule has 190 valence electrons. The van der Waals surface area contributed by atoms with E-state index >= 15 is 0 Å². The molecule has 2 N–H and O–H groups in total. The lowest BCUT2D eigenvalue weighted by Gasteiger charge is -2.27. The maximum atomic E-state index is 13.5. The van der Waals surface area contributed by atoms with Gasteiger partial charge in [-0.2, -0.15) is 0 Å². The van der Waals surface area contributed by atoms with Gasteiger partial charge in [0, 0.05) is 10.6 Å². The molecule has 5 rings (SSSR count). The van der Waals surface area contributed by atoms with Crippen LogP contribution in [0, 0.1) is 0 Å². The van der Waals surface area contributed by atoms with Crippen LogP contribution in [0.4, 0.5) is 5.69 Å². The summed E-state index contributed by atoms with van der Waals surface area (Å²) < 4.78 is 0. The number of aliphatic hydroxyl groups is 1. The molecule has 37 heavy (non-hydrogen) atoms. The van der Waals surface area contributed by atoms with Gasteiger partial charge in [-0.25, -0.2) is 0 Å². The molecule has 2 aliphatic rings. The molecule has 0 aromatic heterocycles. The predicted octanol–water partition coefficient (Wildman–Crippen LogP) is 6.85. The number of hydrogen-bond acceptors (Lipinski definition) is 4. The summed E-state index contributed by atoms with van der Waals surface area (Å²) in [6.07, 6.45) is 4.13. The van der Waals surface area contributed by atoms with E-state index in [-0.39, 0.29) is 28.2 Å². The third kappa shape index (κ3) is 4.53. The second-order valence-corrected chi connectivity index (χ2v) is 11.3. The van der Waals surface area contributed by atoms with Crippen molar-refractivity contribution < 1.29 is 19.8 Å². The Kier molecular flexibility index (Phi) is 6.36. The third-order valence-electron chi connectivity index (χ3n) is 7.36. The van der Waals surface area contributed by atoms with Crippen molar-refractivity contribution in [3.05, 3.63) is 99.1 Å². The zero-order valence-electron chi connectivity index (χ0n) is 21.2. The van der Waals surface area contributed by atoms with Crippen LogP contribution in [-0.2, 0) is 27.8 Å². The van der Waals surface area contributed by atoms with Crippen LogP contribution in [0.25, 0.3) is 5.76 Å². The summed E-state index contributed by atoms with van der Waals surface area (Å²) in [6.45, 7) is 6.32. The van der Waals surface area contributed by atoms with Crippen molar-refractivity contribution in [3.63, 3.8) is 0 Å². The van der Waals surface area contributed by atoms with E-state index in [0.717, 1.165) is 36.8 Å². The first-order chi connectivity index (χ1) is 17.6. The monoisotopic (exact) mass is 515 g/mol. The fraction of sp³-hybridized carbons (Fsp3) is 0.290. The molecule has 1 fully saturated rings. The smallest absolute Gasteiger partial charge is 0.300 e. The SMILES string of the molecule is CC(C)(C)c1ccc(C2/C(=C(/O)c3ccc4c(c3)CCCC4)C(=O)C(=O)N2c2cc(Cl)ccc2O)cc1. The second-order valence-electron chi connectivity index (χ2n) is 10.9. The molecule has 0 saturated carbocycles. The van der Waals surface area contributed by atoms with Crippen molar-refractivity contribution in [1.29, 1.82) is 0 Å². The maximum Gasteiger partial charge on any atom is 0.300 e. The number of anilines is 1. The van der Waals surface area contributed by atoms with E-state index in [4.69, 9.17) is 11.6 Å². The number of aliphatic hydroxyl groups excluding tert-OH is 1. The fourth-order valence-corrected chi connectivity index (χ4v) is 5.45. The van der Waals surface area contributed by atoms with Crippen molar-refractivity contribution in [2.45, 2.75) is 57.9 Å². The van der Waals surface area contributed by atoms with Gasteiger partial charge in [0.25, 0.3) is 11.7 Å². The number of Topliss-reactive ketones (excluding diaryl/α,β-unsaturated/α-hetero) is 1. The van der Waals surface area contributed by atoms with E-state index in [9.17, 15) is 19.8 Å². The number of nitrogens with zero attached hydrogens (tertiary/aromatic N) is 1. The topological polar surface area (TPSA) is 77.8 Å². The number of ketones is 1. The molecular weight excluding hydrogens is 486 g/mol. The van der Waals surface area contributed by atoms with Gasteiger partial charge < -0.3 is 10.2 Å². The average molecular weight is 516 g/mol. The van der Waals surface area contributed by atoms with Crippen molar-refractivity contribution in [2.24, 2.45) is 0 Å². The lowest BCUT2D eigenvalue weighted by molar-refractivity contribution is -0.132. The van der Waals surface area contributed by atoms with E-state index in [1.807, 2.05) is 42.5 Å². The van der Waals surface area contributed by atoms with Crippen LogP contribution in [0.2, 0.25) is 5.02 Å².